The monoisotopic (exact) mass is 576 g/mol. The van der Waals surface area contributed by atoms with Gasteiger partial charge in [-0.05, 0) is 101 Å². The van der Waals surface area contributed by atoms with Crippen LogP contribution in [0.4, 0.5) is 0 Å². The van der Waals surface area contributed by atoms with Gasteiger partial charge in [0.2, 0.25) is 0 Å². The van der Waals surface area contributed by atoms with Crippen LogP contribution in [0, 0.1) is 47.3 Å². The molecule has 6 nitrogen and oxygen atoms in total. The quantitative estimate of drug-likeness (QED) is 0.508. The van der Waals surface area contributed by atoms with E-state index in [0.29, 0.717) is 35.7 Å². The van der Waals surface area contributed by atoms with Gasteiger partial charge in [-0.3, -0.25) is 19.4 Å². The molecule has 5 saturated carbocycles. The van der Waals surface area contributed by atoms with Crippen LogP contribution in [-0.2, 0) is 9.59 Å². The number of Topliss-reactive ketones (excluding diaryl/α,β-unsaturated/α-hetero) is 2. The van der Waals surface area contributed by atoms with E-state index in [9.17, 15) is 9.59 Å². The number of hydrogen-bond donors (Lipinski definition) is 2. The molecule has 42 heavy (non-hydrogen) atoms. The van der Waals surface area contributed by atoms with E-state index in [1.165, 1.54) is 64.2 Å². The first kappa shape index (κ1) is 27.5. The molecule has 6 heteroatoms. The number of rotatable bonds is 2. The zero-order valence-electron chi connectivity index (χ0n) is 26.3. The molecule has 9 rings (SSSR count). The van der Waals surface area contributed by atoms with Gasteiger partial charge in [-0.25, -0.2) is 0 Å². The molecule has 4 heterocycles. The third kappa shape index (κ3) is 3.89. The van der Waals surface area contributed by atoms with Crippen LogP contribution in [-0.4, -0.2) is 82.8 Å². The summed E-state index contributed by atoms with van der Waals surface area (Å²) in [5, 5.41) is 8.23. The van der Waals surface area contributed by atoms with Crippen molar-refractivity contribution in [2.75, 3.05) is 13.1 Å². The molecule has 0 aromatic heterocycles. The standard InChI is InChI=1S/C36H56N4O2/c1-3-39-31-11-7-5-9-19(31)21-13-27-25(17-33(21)39)35(41)23-15-30-24(16-29(23)37-27)36(42)26-18-34-22(14-28(26)38-30)20-10-6-8-12-32(20)40(34)4-2/h19-34,37-38H,3-18H2,1-2H3. The largest absolute Gasteiger partial charge is 0.310 e. The minimum atomic E-state index is 0.0979. The lowest BCUT2D eigenvalue weighted by atomic mass is 9.58. The minimum Gasteiger partial charge on any atom is -0.310 e. The van der Waals surface area contributed by atoms with Gasteiger partial charge in [0.1, 0.15) is 11.6 Å². The van der Waals surface area contributed by atoms with Gasteiger partial charge in [-0.15, -0.1) is 0 Å². The summed E-state index contributed by atoms with van der Waals surface area (Å²) < 4.78 is 0. The van der Waals surface area contributed by atoms with E-state index in [1.54, 1.807) is 0 Å². The van der Waals surface area contributed by atoms with Crippen molar-refractivity contribution in [1.82, 2.24) is 20.4 Å². The maximum Gasteiger partial charge on any atom is 0.142 e. The fourth-order valence-electron chi connectivity index (χ4n) is 13.9. The molecular weight excluding hydrogens is 520 g/mol. The molecule has 0 amide bonds. The summed E-state index contributed by atoms with van der Waals surface area (Å²) in [5.74, 6) is 4.88. The number of likely N-dealkylation sites (tertiary alicyclic amines) is 2. The number of fused-ring (bicyclic) bond motifs is 10. The third-order valence-corrected chi connectivity index (χ3v) is 15.4. The first-order chi connectivity index (χ1) is 20.6. The van der Waals surface area contributed by atoms with Crippen molar-refractivity contribution in [2.24, 2.45) is 47.3 Å². The van der Waals surface area contributed by atoms with Gasteiger partial charge < -0.3 is 10.6 Å². The molecule has 0 spiro atoms. The molecule has 232 valence electrons. The fraction of sp³-hybridized carbons (Fsp3) is 0.944. The van der Waals surface area contributed by atoms with Crippen molar-refractivity contribution >= 4 is 11.6 Å². The van der Waals surface area contributed by atoms with Crippen LogP contribution in [0.2, 0.25) is 0 Å². The molecule has 0 aromatic carbocycles. The maximum atomic E-state index is 14.3. The van der Waals surface area contributed by atoms with Crippen molar-refractivity contribution in [3.05, 3.63) is 0 Å². The third-order valence-electron chi connectivity index (χ3n) is 15.4. The summed E-state index contributed by atoms with van der Waals surface area (Å²) in [7, 11) is 0. The number of carbonyl (C=O) groups is 2. The van der Waals surface area contributed by atoms with E-state index < -0.39 is 0 Å². The molecule has 9 aliphatic rings. The lowest BCUT2D eigenvalue weighted by Crippen LogP contribution is -2.69. The molecule has 4 aliphatic heterocycles. The first-order valence-corrected chi connectivity index (χ1v) is 18.7. The molecule has 5 aliphatic carbocycles. The highest BCUT2D eigenvalue weighted by molar-refractivity contribution is 5.89. The van der Waals surface area contributed by atoms with Crippen LogP contribution in [0.25, 0.3) is 0 Å². The van der Waals surface area contributed by atoms with Crippen LogP contribution in [0.1, 0.15) is 104 Å². The topological polar surface area (TPSA) is 64.7 Å². The number of ketones is 2. The van der Waals surface area contributed by atoms with Crippen LogP contribution in [0.5, 0.6) is 0 Å². The Morgan fingerprint density at radius 1 is 0.500 bits per heavy atom. The summed E-state index contributed by atoms with van der Waals surface area (Å²) in [6.45, 7) is 6.99. The molecule has 16 unspecified atom stereocenters. The van der Waals surface area contributed by atoms with Crippen molar-refractivity contribution in [3.8, 4) is 0 Å². The van der Waals surface area contributed by atoms with Crippen LogP contribution >= 0.6 is 0 Å². The van der Waals surface area contributed by atoms with Crippen molar-refractivity contribution < 1.29 is 9.59 Å². The second kappa shape index (κ2) is 10.4. The van der Waals surface area contributed by atoms with Gasteiger partial charge >= 0.3 is 0 Å². The molecule has 0 radical (unpaired) electrons. The predicted octanol–water partition coefficient (Wildman–Crippen LogP) is 4.41. The van der Waals surface area contributed by atoms with Gasteiger partial charge in [-0.1, -0.05) is 39.5 Å². The Morgan fingerprint density at radius 3 is 1.31 bits per heavy atom. The van der Waals surface area contributed by atoms with Crippen molar-refractivity contribution in [1.29, 1.82) is 0 Å². The Labute approximate surface area is 253 Å². The number of piperidine rings is 2. The highest BCUT2D eigenvalue weighted by Crippen LogP contribution is 2.55. The van der Waals surface area contributed by atoms with E-state index >= 15 is 0 Å². The second-order valence-corrected chi connectivity index (χ2v) is 16.6. The summed E-state index contributed by atoms with van der Waals surface area (Å²) in [5.41, 5.74) is 0. The molecule has 0 bridgehead atoms. The molecular formula is C36H56N4O2. The Bertz CT molecular complexity index is 1010. The smallest absolute Gasteiger partial charge is 0.142 e. The SMILES string of the molecule is CCN1C2CCCCC2C2CC3NC4CC5C(=O)C6CC7C(CC6NC5CC4C(=O)C3CC21)C1CCCCC1N7CC. The Morgan fingerprint density at radius 2 is 0.881 bits per heavy atom. The van der Waals surface area contributed by atoms with E-state index in [-0.39, 0.29) is 35.8 Å². The van der Waals surface area contributed by atoms with Crippen LogP contribution < -0.4 is 10.6 Å². The Hall–Kier alpha value is -0.820. The van der Waals surface area contributed by atoms with E-state index in [2.05, 4.69) is 34.3 Å². The number of nitrogens with zero attached hydrogens (tertiary/aromatic N) is 2. The average molecular weight is 577 g/mol. The molecule has 4 saturated heterocycles. The van der Waals surface area contributed by atoms with Gasteiger partial charge in [-0.2, -0.15) is 0 Å². The van der Waals surface area contributed by atoms with Gasteiger partial charge in [0, 0.05) is 72.0 Å². The average Bonchev–Trinajstić information content (AvgIpc) is 3.50. The predicted molar refractivity (Wildman–Crippen MR) is 164 cm³/mol. The lowest BCUT2D eigenvalue weighted by Gasteiger charge is -2.55. The van der Waals surface area contributed by atoms with E-state index in [0.717, 1.165) is 74.5 Å². The van der Waals surface area contributed by atoms with E-state index in [4.69, 9.17) is 0 Å². The molecule has 0 aromatic rings. The summed E-state index contributed by atoms with van der Waals surface area (Å²) in [4.78, 5) is 34.3. The molecule has 16 atom stereocenters. The lowest BCUT2D eigenvalue weighted by molar-refractivity contribution is -0.145. The number of nitrogens with one attached hydrogen (secondary N) is 2. The van der Waals surface area contributed by atoms with Crippen molar-refractivity contribution in [2.45, 2.75) is 152 Å². The highest BCUT2D eigenvalue weighted by Gasteiger charge is 2.61. The van der Waals surface area contributed by atoms with E-state index in [1.807, 2.05) is 0 Å². The normalized spacial score (nSPS) is 55.4. The van der Waals surface area contributed by atoms with Crippen molar-refractivity contribution in [3.63, 3.8) is 0 Å². The highest BCUT2D eigenvalue weighted by atomic mass is 16.1. The Kier molecular flexibility index (Phi) is 6.78. The second-order valence-electron chi connectivity index (χ2n) is 16.6. The summed E-state index contributed by atoms with van der Waals surface area (Å²) in [6, 6.07) is 3.85. The van der Waals surface area contributed by atoms with Crippen LogP contribution in [0.3, 0.4) is 0 Å². The minimum absolute atomic E-state index is 0.0979. The summed E-state index contributed by atoms with van der Waals surface area (Å²) >= 11 is 0. The van der Waals surface area contributed by atoms with Crippen LogP contribution in [0.15, 0.2) is 0 Å². The summed E-state index contributed by atoms with van der Waals surface area (Å²) in [6.07, 6.45) is 17.4. The van der Waals surface area contributed by atoms with Gasteiger partial charge in [0.05, 0.1) is 0 Å². The molecule has 9 fully saturated rings. The van der Waals surface area contributed by atoms with Gasteiger partial charge in [0.15, 0.2) is 0 Å². The Balaban J connectivity index is 0.936. The number of carbonyl (C=O) groups excluding carboxylic acids is 2. The molecule has 2 N–H and O–H groups in total. The fourth-order valence-corrected chi connectivity index (χ4v) is 13.9. The zero-order valence-corrected chi connectivity index (χ0v) is 26.3. The van der Waals surface area contributed by atoms with Gasteiger partial charge in [0.25, 0.3) is 0 Å². The zero-order chi connectivity index (χ0) is 28.3. The number of hydrogen-bond acceptors (Lipinski definition) is 6. The maximum absolute atomic E-state index is 14.3. The first-order valence-electron chi connectivity index (χ1n) is 18.7.